The normalized spacial score (nSPS) is 16.8. The second-order valence-corrected chi connectivity index (χ2v) is 2.15. The van der Waals surface area contributed by atoms with Crippen molar-refractivity contribution in [1.82, 2.24) is 0 Å². The van der Waals surface area contributed by atoms with Crippen LogP contribution in [0.4, 0.5) is 0 Å². The average Bonchev–Trinajstić information content (AvgIpc) is 1.88. The van der Waals surface area contributed by atoms with E-state index in [0.29, 0.717) is 6.61 Å². The molecule has 3 nitrogen and oxygen atoms in total. The summed E-state index contributed by atoms with van der Waals surface area (Å²) in [6.07, 6.45) is -0.353. The second kappa shape index (κ2) is 5.65. The predicted octanol–water partition coefficient (Wildman–Crippen LogP) is 0.766. The van der Waals surface area contributed by atoms with E-state index in [1.165, 1.54) is 0 Å². The van der Waals surface area contributed by atoms with Gasteiger partial charge in [-0.2, -0.15) is 0 Å². The lowest BCUT2D eigenvalue weighted by atomic mass is 10.4. The molecule has 0 saturated heterocycles. The molecule has 0 aliphatic heterocycles. The number of hydrogen-bond acceptors (Lipinski definition) is 3. The van der Waals surface area contributed by atoms with Crippen molar-refractivity contribution in [3.63, 3.8) is 0 Å². The van der Waals surface area contributed by atoms with Crippen LogP contribution in [0.1, 0.15) is 20.8 Å². The Hall–Kier alpha value is -0.120. The molecule has 2 atom stereocenters. The molecule has 0 aliphatic carbocycles. The molecule has 0 aliphatic rings. The third-order valence-electron chi connectivity index (χ3n) is 1.08. The maximum absolute atomic E-state index is 8.57. The zero-order valence-electron chi connectivity index (χ0n) is 6.83. The molecule has 0 bridgehead atoms. The molecule has 0 rings (SSSR count). The predicted molar refractivity (Wildman–Crippen MR) is 38.7 cm³/mol. The maximum atomic E-state index is 8.57. The van der Waals surface area contributed by atoms with E-state index < -0.39 is 0 Å². The number of aliphatic hydroxyl groups is 1. The summed E-state index contributed by atoms with van der Waals surface area (Å²) in [5.74, 6) is 0. The number of ether oxygens (including phenoxy) is 2. The Labute approximate surface area is 62.0 Å². The van der Waals surface area contributed by atoms with Crippen molar-refractivity contribution in [1.29, 1.82) is 0 Å². The Kier molecular flexibility index (Phi) is 5.58. The van der Waals surface area contributed by atoms with Crippen LogP contribution in [0.5, 0.6) is 0 Å². The van der Waals surface area contributed by atoms with Crippen molar-refractivity contribution in [2.75, 3.05) is 13.2 Å². The van der Waals surface area contributed by atoms with Crippen LogP contribution in [0, 0.1) is 0 Å². The minimum Gasteiger partial charge on any atom is -0.394 e. The first kappa shape index (κ1) is 9.88. The van der Waals surface area contributed by atoms with Gasteiger partial charge in [-0.05, 0) is 20.8 Å². The zero-order chi connectivity index (χ0) is 7.98. The van der Waals surface area contributed by atoms with Gasteiger partial charge in [0.05, 0.1) is 12.7 Å². The Morgan fingerprint density at radius 1 is 1.40 bits per heavy atom. The number of rotatable bonds is 5. The monoisotopic (exact) mass is 148 g/mol. The fourth-order valence-electron chi connectivity index (χ4n) is 0.644. The Morgan fingerprint density at radius 2 is 2.00 bits per heavy atom. The Balaban J connectivity index is 3.27. The summed E-state index contributed by atoms with van der Waals surface area (Å²) in [5.41, 5.74) is 0. The van der Waals surface area contributed by atoms with Crippen LogP contribution in [0.15, 0.2) is 0 Å². The van der Waals surface area contributed by atoms with Gasteiger partial charge in [0.25, 0.3) is 0 Å². The Morgan fingerprint density at radius 3 is 2.40 bits per heavy atom. The summed E-state index contributed by atoms with van der Waals surface area (Å²) < 4.78 is 10.2. The molecule has 0 aromatic heterocycles. The molecule has 0 spiro atoms. The highest BCUT2D eigenvalue weighted by atomic mass is 16.7. The summed E-state index contributed by atoms with van der Waals surface area (Å²) in [6.45, 7) is 6.20. The largest absolute Gasteiger partial charge is 0.394 e. The highest BCUT2D eigenvalue weighted by Crippen LogP contribution is 1.97. The molecule has 3 heteroatoms. The highest BCUT2D eigenvalue weighted by molar-refractivity contribution is 4.44. The second-order valence-electron chi connectivity index (χ2n) is 2.15. The first-order chi connectivity index (χ1) is 4.70. The molecule has 1 N–H and O–H groups in total. The summed E-state index contributed by atoms with van der Waals surface area (Å²) >= 11 is 0. The molecule has 0 aromatic carbocycles. The van der Waals surface area contributed by atoms with Crippen molar-refractivity contribution in [3.05, 3.63) is 0 Å². The van der Waals surface area contributed by atoms with Gasteiger partial charge in [0, 0.05) is 6.61 Å². The molecule has 0 radical (unpaired) electrons. The molecule has 10 heavy (non-hydrogen) atoms. The molecule has 0 aromatic rings. The zero-order valence-corrected chi connectivity index (χ0v) is 6.83. The minimum absolute atomic E-state index is 0.0391. The standard InChI is InChI=1S/C7H16O3/c1-4-9-7(3)10-6(2)5-8/h6-8H,4-5H2,1-3H3. The molecular weight excluding hydrogens is 132 g/mol. The fourth-order valence-corrected chi connectivity index (χ4v) is 0.644. The van der Waals surface area contributed by atoms with Gasteiger partial charge in [-0.15, -0.1) is 0 Å². The maximum Gasteiger partial charge on any atom is 0.155 e. The molecule has 62 valence electrons. The van der Waals surface area contributed by atoms with Crippen LogP contribution in [0.3, 0.4) is 0 Å². The van der Waals surface area contributed by atoms with Gasteiger partial charge >= 0.3 is 0 Å². The van der Waals surface area contributed by atoms with Gasteiger partial charge in [0.15, 0.2) is 6.29 Å². The van der Waals surface area contributed by atoms with Crippen LogP contribution < -0.4 is 0 Å². The highest BCUT2D eigenvalue weighted by Gasteiger charge is 2.05. The van der Waals surface area contributed by atoms with E-state index in [2.05, 4.69) is 0 Å². The first-order valence-corrected chi connectivity index (χ1v) is 3.58. The van der Waals surface area contributed by atoms with Crippen LogP contribution in [0.25, 0.3) is 0 Å². The average molecular weight is 148 g/mol. The van der Waals surface area contributed by atoms with E-state index in [9.17, 15) is 0 Å². The van der Waals surface area contributed by atoms with E-state index >= 15 is 0 Å². The van der Waals surface area contributed by atoms with Crippen molar-refractivity contribution >= 4 is 0 Å². The van der Waals surface area contributed by atoms with Gasteiger partial charge in [0.2, 0.25) is 0 Å². The summed E-state index contributed by atoms with van der Waals surface area (Å²) in [7, 11) is 0. The molecule has 0 saturated carbocycles. The SMILES string of the molecule is CCOC(C)OC(C)CO. The van der Waals surface area contributed by atoms with Crippen molar-refractivity contribution in [3.8, 4) is 0 Å². The van der Waals surface area contributed by atoms with Crippen LogP contribution in [-0.4, -0.2) is 30.7 Å². The Bertz CT molecular complexity index is 75.3. The molecule has 0 fully saturated rings. The fraction of sp³-hybridized carbons (Fsp3) is 1.00. The molecule has 0 heterocycles. The third kappa shape index (κ3) is 4.73. The topological polar surface area (TPSA) is 38.7 Å². The van der Waals surface area contributed by atoms with Crippen LogP contribution in [0.2, 0.25) is 0 Å². The molecule has 2 unspecified atom stereocenters. The van der Waals surface area contributed by atoms with Gasteiger partial charge < -0.3 is 14.6 Å². The molecule has 0 amide bonds. The van der Waals surface area contributed by atoms with Crippen LogP contribution in [-0.2, 0) is 9.47 Å². The lowest BCUT2D eigenvalue weighted by Gasteiger charge is -2.16. The third-order valence-corrected chi connectivity index (χ3v) is 1.08. The minimum atomic E-state index is -0.216. The van der Waals surface area contributed by atoms with Crippen molar-refractivity contribution < 1.29 is 14.6 Å². The van der Waals surface area contributed by atoms with E-state index in [0.717, 1.165) is 0 Å². The molecular formula is C7H16O3. The summed E-state index contributed by atoms with van der Waals surface area (Å²) in [4.78, 5) is 0. The summed E-state index contributed by atoms with van der Waals surface area (Å²) in [6, 6.07) is 0. The number of aliphatic hydroxyl groups excluding tert-OH is 1. The summed E-state index contributed by atoms with van der Waals surface area (Å²) in [5, 5.41) is 8.57. The van der Waals surface area contributed by atoms with Gasteiger partial charge in [0.1, 0.15) is 0 Å². The first-order valence-electron chi connectivity index (χ1n) is 3.58. The van der Waals surface area contributed by atoms with Crippen LogP contribution >= 0.6 is 0 Å². The van der Waals surface area contributed by atoms with E-state index in [1.54, 1.807) is 6.92 Å². The van der Waals surface area contributed by atoms with E-state index in [1.807, 2.05) is 13.8 Å². The lowest BCUT2D eigenvalue weighted by Crippen LogP contribution is -2.22. The van der Waals surface area contributed by atoms with Gasteiger partial charge in [-0.3, -0.25) is 0 Å². The van der Waals surface area contributed by atoms with Gasteiger partial charge in [-0.25, -0.2) is 0 Å². The van der Waals surface area contributed by atoms with E-state index in [-0.39, 0.29) is 19.0 Å². The lowest BCUT2D eigenvalue weighted by molar-refractivity contribution is -0.160. The smallest absolute Gasteiger partial charge is 0.155 e. The van der Waals surface area contributed by atoms with Crippen molar-refractivity contribution in [2.24, 2.45) is 0 Å². The number of hydrogen-bond donors (Lipinski definition) is 1. The van der Waals surface area contributed by atoms with Crippen molar-refractivity contribution in [2.45, 2.75) is 33.2 Å². The quantitative estimate of drug-likeness (QED) is 0.585. The van der Waals surface area contributed by atoms with E-state index in [4.69, 9.17) is 14.6 Å². The van der Waals surface area contributed by atoms with Gasteiger partial charge in [-0.1, -0.05) is 0 Å².